The number of carbonyl (C=O) groups is 4. The number of thiophene rings is 1. The van der Waals surface area contributed by atoms with Gasteiger partial charge in [0.1, 0.15) is 40.8 Å². The molecule has 1 saturated carbocycles. The summed E-state index contributed by atoms with van der Waals surface area (Å²) in [4.78, 5) is 72.4. The zero-order valence-corrected chi connectivity index (χ0v) is 44.3. The fourth-order valence-electron chi connectivity index (χ4n) is 9.43. The van der Waals surface area contributed by atoms with Crippen LogP contribution in [0.25, 0.3) is 15.4 Å². The zero-order valence-electron chi connectivity index (χ0n) is 41.9. The van der Waals surface area contributed by atoms with E-state index in [1.165, 1.54) is 11.1 Å². The number of amides is 4. The van der Waals surface area contributed by atoms with Gasteiger partial charge >= 0.3 is 0 Å². The number of hydrogen-bond donors (Lipinski definition) is 4. The van der Waals surface area contributed by atoms with Crippen LogP contribution in [0.15, 0.2) is 77.4 Å². The van der Waals surface area contributed by atoms with Crippen LogP contribution in [-0.2, 0) is 19.2 Å². The van der Waals surface area contributed by atoms with Crippen molar-refractivity contribution in [1.82, 2.24) is 45.6 Å². The lowest BCUT2D eigenvalue weighted by atomic mass is 9.85. The summed E-state index contributed by atoms with van der Waals surface area (Å²) in [5, 5.41) is 30.2. The second kappa shape index (κ2) is 21.1. The number of benzene rings is 2. The Morgan fingerprint density at radius 3 is 2.30 bits per heavy atom. The summed E-state index contributed by atoms with van der Waals surface area (Å²) in [5.41, 5.74) is 7.73. The van der Waals surface area contributed by atoms with Crippen molar-refractivity contribution in [2.75, 3.05) is 13.2 Å². The SMILES string of the molecule is Cc1ncsc1-c1ccc([C@H](C)NC(=O)[C@@H]2C[C@@H](O)CN2C(=O)C(NC(=O)COc2ccc(O[C@H]3C[C@@H](NC(=O)C[C@@H]4N=C(c5ccc(Cl)cc5)c5c(sc(C)c5C)-n5c(C)nnc54)C3)nc2)C(C)(C)C)cc1. The molecule has 6 aromatic rings. The average molecular weight is 1050 g/mol. The third kappa shape index (κ3) is 11.2. The van der Waals surface area contributed by atoms with E-state index in [1.807, 2.05) is 100 Å². The summed E-state index contributed by atoms with van der Waals surface area (Å²) in [6.07, 6.45) is 1.68. The van der Waals surface area contributed by atoms with Crippen molar-refractivity contribution < 1.29 is 33.8 Å². The van der Waals surface area contributed by atoms with Crippen molar-refractivity contribution >= 4 is 63.6 Å². The van der Waals surface area contributed by atoms with Crippen LogP contribution in [0, 0.1) is 33.1 Å². The van der Waals surface area contributed by atoms with E-state index in [2.05, 4.69) is 50.0 Å². The first-order chi connectivity index (χ1) is 34.8. The highest BCUT2D eigenvalue weighted by Gasteiger charge is 2.45. The summed E-state index contributed by atoms with van der Waals surface area (Å²) in [7, 11) is 0. The Hall–Kier alpha value is -6.54. The number of halogens is 1. The van der Waals surface area contributed by atoms with E-state index in [1.54, 1.807) is 34.8 Å². The topological polar surface area (TPSA) is 215 Å². The van der Waals surface area contributed by atoms with Crippen LogP contribution in [0.1, 0.15) is 110 Å². The quantitative estimate of drug-likeness (QED) is 0.0791. The summed E-state index contributed by atoms with van der Waals surface area (Å²) >= 11 is 9.49. The standard InChI is InChI=1S/C53H59ClN10O7S2/c1-27-30(4)73-52-45(27)46(33-13-15-35(54)16-14-33)59-40(49-62-61-31(5)64(49)52)22-42(66)58-36-19-39(20-36)71-44-18-17-38(23-55-44)70-25-43(67)60-48(53(6,7)8)51(69)63-24-37(65)21-41(63)50(68)57-28(2)32-9-11-34(12-10-32)47-29(3)56-26-72-47/h9-18,23,26,28,36-37,39-41,48,65H,19-22,24-25H2,1-8H3,(H,57,68)(H,58,66)(H,60,67)/t28-,36-,37+,39+,40-,41-,48?/m0/s1. The number of ether oxygens (including phenoxy) is 2. The van der Waals surface area contributed by atoms with Gasteiger partial charge in [0.15, 0.2) is 12.4 Å². The van der Waals surface area contributed by atoms with E-state index >= 15 is 0 Å². The largest absolute Gasteiger partial charge is 0.482 e. The van der Waals surface area contributed by atoms with E-state index in [0.29, 0.717) is 35.3 Å². The number of hydrogen-bond acceptors (Lipinski definition) is 14. The third-order valence-corrected chi connectivity index (χ3v) is 16.0. The molecule has 382 valence electrons. The van der Waals surface area contributed by atoms with Gasteiger partial charge in [0.2, 0.25) is 23.6 Å². The second-order valence-electron chi connectivity index (χ2n) is 20.1. The number of nitrogens with one attached hydrogen (secondary N) is 3. The Morgan fingerprint density at radius 1 is 0.904 bits per heavy atom. The van der Waals surface area contributed by atoms with E-state index in [4.69, 9.17) is 26.1 Å². The highest BCUT2D eigenvalue weighted by Crippen LogP contribution is 2.40. The Morgan fingerprint density at radius 2 is 1.63 bits per heavy atom. The van der Waals surface area contributed by atoms with Crippen molar-refractivity contribution in [1.29, 1.82) is 0 Å². The van der Waals surface area contributed by atoms with Gasteiger partial charge < -0.3 is 35.4 Å². The first-order valence-electron chi connectivity index (χ1n) is 24.3. The molecular weight excluding hydrogens is 988 g/mol. The number of pyridine rings is 1. The molecule has 9 rings (SSSR count). The predicted molar refractivity (Wildman–Crippen MR) is 280 cm³/mol. The average Bonchev–Trinajstić information content (AvgIpc) is 4.11. The van der Waals surface area contributed by atoms with Gasteiger partial charge in [-0.05, 0) is 74.9 Å². The molecule has 0 bridgehead atoms. The number of β-amino-alcohol motifs (C(OH)–C–C–N with tert-alkyl or cyclic N) is 1. The van der Waals surface area contributed by atoms with Crippen molar-refractivity contribution in [3.8, 4) is 27.1 Å². The Balaban J connectivity index is 0.750. The van der Waals surface area contributed by atoms with Crippen LogP contribution in [0.5, 0.6) is 11.6 Å². The van der Waals surface area contributed by atoms with E-state index in [9.17, 15) is 24.3 Å². The van der Waals surface area contributed by atoms with Gasteiger partial charge in [0, 0.05) is 58.9 Å². The number of aliphatic imine (C=N–C) groups is 1. The number of thiazole rings is 1. The van der Waals surface area contributed by atoms with E-state index < -0.39 is 54.0 Å². The maximum absolute atomic E-state index is 14.2. The van der Waals surface area contributed by atoms with Gasteiger partial charge in [0.25, 0.3) is 5.91 Å². The zero-order chi connectivity index (χ0) is 51.9. The first kappa shape index (κ1) is 51.4. The summed E-state index contributed by atoms with van der Waals surface area (Å²) in [5.74, 6) is 0.432. The molecule has 1 unspecified atom stereocenters. The molecule has 3 aliphatic rings. The Bertz CT molecular complexity index is 3050. The lowest BCUT2D eigenvalue weighted by Crippen LogP contribution is -2.58. The maximum atomic E-state index is 14.2. The molecule has 5 atom stereocenters. The fourth-order valence-corrected chi connectivity index (χ4v) is 11.6. The molecule has 4 aromatic heterocycles. The third-order valence-electron chi connectivity index (χ3n) is 13.6. The molecule has 2 fully saturated rings. The minimum atomic E-state index is -1.03. The Labute approximate surface area is 436 Å². The molecule has 20 heteroatoms. The lowest BCUT2D eigenvalue weighted by molar-refractivity contribution is -0.144. The van der Waals surface area contributed by atoms with Crippen LogP contribution >= 0.6 is 34.3 Å². The van der Waals surface area contributed by atoms with Crippen LogP contribution in [0.2, 0.25) is 5.02 Å². The van der Waals surface area contributed by atoms with Crippen LogP contribution in [0.4, 0.5) is 0 Å². The van der Waals surface area contributed by atoms with Crippen molar-refractivity contribution in [2.24, 2.45) is 10.4 Å². The van der Waals surface area contributed by atoms with E-state index in [-0.39, 0.29) is 43.5 Å². The molecule has 0 spiro atoms. The van der Waals surface area contributed by atoms with E-state index in [0.717, 1.165) is 59.8 Å². The van der Waals surface area contributed by atoms with Crippen LogP contribution < -0.4 is 25.4 Å². The highest BCUT2D eigenvalue weighted by molar-refractivity contribution is 7.15. The number of aryl methyl sites for hydroxylation is 3. The van der Waals surface area contributed by atoms with Crippen LogP contribution in [0.3, 0.4) is 0 Å². The normalized spacial score (nSPS) is 20.1. The number of likely N-dealkylation sites (tertiary alicyclic amines) is 1. The predicted octanol–water partition coefficient (Wildman–Crippen LogP) is 7.49. The van der Waals surface area contributed by atoms with Crippen molar-refractivity contribution in [3.05, 3.63) is 122 Å². The fraction of sp³-hybridized carbons (Fsp3) is 0.415. The Kier molecular flexibility index (Phi) is 14.9. The molecular formula is C53H59ClN10O7S2. The summed E-state index contributed by atoms with van der Waals surface area (Å²) < 4.78 is 13.9. The van der Waals surface area contributed by atoms with Gasteiger partial charge in [-0.25, -0.2) is 9.97 Å². The first-order valence-corrected chi connectivity index (χ1v) is 26.4. The number of aliphatic hydroxyl groups is 1. The second-order valence-corrected chi connectivity index (χ2v) is 22.6. The number of aliphatic hydroxyl groups excluding tert-OH is 1. The molecule has 73 heavy (non-hydrogen) atoms. The molecule has 2 aliphatic heterocycles. The molecule has 0 radical (unpaired) electrons. The molecule has 4 amide bonds. The number of carbonyl (C=O) groups excluding carboxylic acids is 4. The maximum Gasteiger partial charge on any atom is 0.258 e. The minimum absolute atomic E-state index is 0.0471. The lowest BCUT2D eigenvalue weighted by Gasteiger charge is -2.35. The van der Waals surface area contributed by atoms with Crippen molar-refractivity contribution in [2.45, 2.75) is 123 Å². The van der Waals surface area contributed by atoms with Gasteiger partial charge in [0.05, 0.1) is 46.6 Å². The molecule has 1 saturated heterocycles. The van der Waals surface area contributed by atoms with Crippen molar-refractivity contribution in [3.63, 3.8) is 0 Å². The molecule has 2 aromatic carbocycles. The molecule has 4 N–H and O–H groups in total. The molecule has 6 heterocycles. The summed E-state index contributed by atoms with van der Waals surface area (Å²) in [6, 6.07) is 15.7. The number of rotatable bonds is 15. The monoisotopic (exact) mass is 1050 g/mol. The van der Waals surface area contributed by atoms with Gasteiger partial charge in [-0.15, -0.1) is 32.9 Å². The summed E-state index contributed by atoms with van der Waals surface area (Å²) in [6.45, 7) is 14.9. The minimum Gasteiger partial charge on any atom is -0.482 e. The van der Waals surface area contributed by atoms with Gasteiger partial charge in [-0.1, -0.05) is 68.8 Å². The number of nitrogens with zero attached hydrogens (tertiary/aromatic N) is 7. The van der Waals surface area contributed by atoms with Gasteiger partial charge in [-0.2, -0.15) is 0 Å². The highest BCUT2D eigenvalue weighted by atomic mass is 35.5. The smallest absolute Gasteiger partial charge is 0.258 e. The van der Waals surface area contributed by atoms with Gasteiger partial charge in [-0.3, -0.25) is 28.7 Å². The number of aromatic nitrogens is 5. The molecule has 1 aliphatic carbocycles. The van der Waals surface area contributed by atoms with Crippen LogP contribution in [-0.4, -0.2) is 108 Å². The number of fused-ring (bicyclic) bond motifs is 3. The molecule has 17 nitrogen and oxygen atoms in total.